The third-order valence-electron chi connectivity index (χ3n) is 1.22. The van der Waals surface area contributed by atoms with Crippen molar-refractivity contribution in [2.75, 3.05) is 0 Å². The molecule has 1 heteroatoms. The van der Waals surface area contributed by atoms with Crippen LogP contribution in [-0.4, -0.2) is 29.6 Å². The molecule has 0 N–H and O–H groups in total. The SMILES string of the molecule is [CH]=CCCCCCC.[NaH]. The molecule has 0 saturated carbocycles. The van der Waals surface area contributed by atoms with E-state index >= 15 is 0 Å². The van der Waals surface area contributed by atoms with Crippen molar-refractivity contribution in [3.63, 3.8) is 0 Å². The predicted octanol–water partition coefficient (Wildman–Crippen LogP) is 2.30. The van der Waals surface area contributed by atoms with Gasteiger partial charge in [-0.15, -0.1) is 0 Å². The summed E-state index contributed by atoms with van der Waals surface area (Å²) in [5.41, 5.74) is 0. The Morgan fingerprint density at radius 3 is 2.33 bits per heavy atom. The second-order valence-electron chi connectivity index (χ2n) is 2.09. The van der Waals surface area contributed by atoms with Crippen LogP contribution in [0.25, 0.3) is 0 Å². The number of rotatable bonds is 5. The van der Waals surface area contributed by atoms with Gasteiger partial charge in [-0.1, -0.05) is 38.8 Å². The van der Waals surface area contributed by atoms with Crippen molar-refractivity contribution in [2.24, 2.45) is 0 Å². The maximum atomic E-state index is 5.19. The summed E-state index contributed by atoms with van der Waals surface area (Å²) in [4.78, 5) is 0. The van der Waals surface area contributed by atoms with Gasteiger partial charge in [0, 0.05) is 0 Å². The first-order valence-electron chi connectivity index (χ1n) is 3.45. The molecule has 0 aromatic carbocycles. The third kappa shape index (κ3) is 12.1. The molecular weight excluding hydrogens is 119 g/mol. The van der Waals surface area contributed by atoms with Gasteiger partial charge >= 0.3 is 29.6 Å². The first kappa shape index (κ1) is 12.4. The van der Waals surface area contributed by atoms with Crippen LogP contribution in [0.2, 0.25) is 0 Å². The van der Waals surface area contributed by atoms with Crippen LogP contribution >= 0.6 is 0 Å². The fraction of sp³-hybridized carbons (Fsp3) is 0.750. The zero-order valence-corrected chi connectivity index (χ0v) is 5.69. The van der Waals surface area contributed by atoms with Crippen LogP contribution in [0.5, 0.6) is 0 Å². The second kappa shape index (κ2) is 11.5. The molecule has 0 aliphatic rings. The van der Waals surface area contributed by atoms with E-state index < -0.39 is 0 Å². The molecule has 0 bridgehead atoms. The Kier molecular flexibility index (Phi) is 15.9. The Labute approximate surface area is 81.0 Å². The Balaban J connectivity index is 0. The van der Waals surface area contributed by atoms with Gasteiger partial charge in [0.2, 0.25) is 0 Å². The molecule has 0 aromatic rings. The zero-order valence-electron chi connectivity index (χ0n) is 5.69. The van der Waals surface area contributed by atoms with Crippen molar-refractivity contribution in [1.29, 1.82) is 0 Å². The van der Waals surface area contributed by atoms with Crippen LogP contribution in [0, 0.1) is 6.58 Å². The quantitative estimate of drug-likeness (QED) is 0.401. The van der Waals surface area contributed by atoms with Gasteiger partial charge in [-0.05, 0) is 12.8 Å². The molecule has 0 aromatic heterocycles. The van der Waals surface area contributed by atoms with Crippen LogP contribution < -0.4 is 0 Å². The summed E-state index contributed by atoms with van der Waals surface area (Å²) in [5, 5.41) is 0. The average molecular weight is 135 g/mol. The van der Waals surface area contributed by atoms with Gasteiger partial charge in [0.15, 0.2) is 0 Å². The Morgan fingerprint density at radius 1 is 1.22 bits per heavy atom. The van der Waals surface area contributed by atoms with Gasteiger partial charge < -0.3 is 0 Å². The van der Waals surface area contributed by atoms with Gasteiger partial charge in [-0.25, -0.2) is 0 Å². The molecule has 0 heterocycles. The number of allylic oxidation sites excluding steroid dienone is 1. The predicted molar refractivity (Wildman–Crippen MR) is 44.8 cm³/mol. The molecule has 49 valence electrons. The van der Waals surface area contributed by atoms with Crippen molar-refractivity contribution in [1.82, 2.24) is 0 Å². The van der Waals surface area contributed by atoms with Crippen molar-refractivity contribution >= 4 is 29.6 Å². The summed E-state index contributed by atoms with van der Waals surface area (Å²) in [6.07, 6.45) is 8.10. The molecule has 0 saturated heterocycles. The molecule has 0 unspecified atom stereocenters. The summed E-state index contributed by atoms with van der Waals surface area (Å²) in [6, 6.07) is 0. The fourth-order valence-corrected chi connectivity index (χ4v) is 0.689. The molecule has 0 fully saturated rings. The van der Waals surface area contributed by atoms with E-state index in [-0.39, 0.29) is 29.6 Å². The summed E-state index contributed by atoms with van der Waals surface area (Å²) in [5.74, 6) is 0. The van der Waals surface area contributed by atoms with Gasteiger partial charge in [0.25, 0.3) is 0 Å². The summed E-state index contributed by atoms with van der Waals surface area (Å²) in [7, 11) is 0. The van der Waals surface area contributed by atoms with Gasteiger partial charge in [-0.3, -0.25) is 0 Å². The minimum atomic E-state index is 0. The maximum absolute atomic E-state index is 5.19. The van der Waals surface area contributed by atoms with E-state index in [0.717, 1.165) is 6.42 Å². The monoisotopic (exact) mass is 135 g/mol. The van der Waals surface area contributed by atoms with Crippen molar-refractivity contribution < 1.29 is 0 Å². The average Bonchev–Trinajstić information content (AvgIpc) is 1.81. The van der Waals surface area contributed by atoms with E-state index in [4.69, 9.17) is 6.58 Å². The van der Waals surface area contributed by atoms with Crippen LogP contribution in [0.4, 0.5) is 0 Å². The van der Waals surface area contributed by atoms with Crippen LogP contribution in [0.3, 0.4) is 0 Å². The number of hydrogen-bond donors (Lipinski definition) is 0. The Hall–Kier alpha value is 0.740. The van der Waals surface area contributed by atoms with E-state index in [2.05, 4.69) is 6.92 Å². The summed E-state index contributed by atoms with van der Waals surface area (Å²) < 4.78 is 0. The first-order chi connectivity index (χ1) is 3.91. The van der Waals surface area contributed by atoms with E-state index in [1.54, 1.807) is 6.08 Å². The number of hydrogen-bond acceptors (Lipinski definition) is 0. The van der Waals surface area contributed by atoms with Crippen LogP contribution in [0.1, 0.15) is 39.0 Å². The molecule has 0 aliphatic carbocycles. The molecule has 9 heavy (non-hydrogen) atoms. The summed E-state index contributed by atoms with van der Waals surface area (Å²) in [6.45, 7) is 7.40. The Bertz CT molecular complexity index is 50.5. The van der Waals surface area contributed by atoms with Crippen molar-refractivity contribution in [3.05, 3.63) is 12.7 Å². The van der Waals surface area contributed by atoms with E-state index in [0.29, 0.717) is 0 Å². The van der Waals surface area contributed by atoms with E-state index in [1.165, 1.54) is 25.7 Å². The Morgan fingerprint density at radius 2 is 1.89 bits per heavy atom. The molecule has 0 nitrogen and oxygen atoms in total. The van der Waals surface area contributed by atoms with E-state index in [1.807, 2.05) is 0 Å². The molecule has 0 atom stereocenters. The van der Waals surface area contributed by atoms with Crippen LogP contribution in [0.15, 0.2) is 6.08 Å². The minimum absolute atomic E-state index is 0. The molecule has 0 rings (SSSR count). The van der Waals surface area contributed by atoms with Gasteiger partial charge in [0.1, 0.15) is 0 Å². The molecule has 1 radical (unpaired) electrons. The molecular formula is C8H16Na. The van der Waals surface area contributed by atoms with Gasteiger partial charge in [-0.2, -0.15) is 0 Å². The van der Waals surface area contributed by atoms with Gasteiger partial charge in [0.05, 0.1) is 0 Å². The molecule has 0 amide bonds. The zero-order chi connectivity index (χ0) is 6.24. The summed E-state index contributed by atoms with van der Waals surface area (Å²) >= 11 is 0. The molecule has 0 spiro atoms. The van der Waals surface area contributed by atoms with Crippen LogP contribution in [-0.2, 0) is 0 Å². The first-order valence-corrected chi connectivity index (χ1v) is 3.45. The second-order valence-corrected chi connectivity index (χ2v) is 2.09. The standard InChI is InChI=1S/C8H15.Na.H/c1-3-5-7-8-6-4-2;;/h1,3H,4-8H2,2H3;;. The topological polar surface area (TPSA) is 0 Å². The van der Waals surface area contributed by atoms with Crippen molar-refractivity contribution in [2.45, 2.75) is 39.0 Å². The normalized spacial score (nSPS) is 8.11. The third-order valence-corrected chi connectivity index (χ3v) is 1.22. The van der Waals surface area contributed by atoms with E-state index in [9.17, 15) is 0 Å². The molecule has 0 aliphatic heterocycles. The number of unbranched alkanes of at least 4 members (excludes halogenated alkanes) is 4. The van der Waals surface area contributed by atoms with Crippen molar-refractivity contribution in [3.8, 4) is 0 Å². The fourth-order valence-electron chi connectivity index (χ4n) is 0.689.